The number of aromatic carboxylic acids is 1. The van der Waals surface area contributed by atoms with Crippen molar-refractivity contribution in [1.82, 2.24) is 15.4 Å². The third-order valence-corrected chi connectivity index (χ3v) is 2.00. The third-order valence-electron chi connectivity index (χ3n) is 2.00. The van der Waals surface area contributed by atoms with Crippen LogP contribution >= 0.6 is 0 Å². The van der Waals surface area contributed by atoms with E-state index in [0.717, 1.165) is 5.69 Å². The summed E-state index contributed by atoms with van der Waals surface area (Å²) in [6.07, 6.45) is 0. The van der Waals surface area contributed by atoms with Crippen LogP contribution in [0.2, 0.25) is 0 Å². The number of aromatic nitrogens is 3. The van der Waals surface area contributed by atoms with E-state index in [9.17, 15) is 4.79 Å². The second-order valence-electron chi connectivity index (χ2n) is 3.40. The molecule has 0 amide bonds. The van der Waals surface area contributed by atoms with Crippen molar-refractivity contribution in [3.63, 3.8) is 0 Å². The monoisotopic (exact) mass is 234 g/mol. The second kappa shape index (κ2) is 4.60. The Balaban J connectivity index is 1.97. The summed E-state index contributed by atoms with van der Waals surface area (Å²) in [6, 6.07) is 4.72. The lowest BCUT2D eigenvalue weighted by Gasteiger charge is -2.01. The zero-order valence-corrected chi connectivity index (χ0v) is 9.04. The molecule has 0 saturated heterocycles. The highest BCUT2D eigenvalue weighted by atomic mass is 16.5. The van der Waals surface area contributed by atoms with Gasteiger partial charge in [-0.3, -0.25) is 0 Å². The minimum Gasteiger partial charge on any atom is -0.476 e. The van der Waals surface area contributed by atoms with Crippen LogP contribution in [0.1, 0.15) is 21.9 Å². The largest absolute Gasteiger partial charge is 0.476 e. The van der Waals surface area contributed by atoms with Crippen molar-refractivity contribution in [2.45, 2.75) is 13.5 Å². The molecule has 0 aliphatic heterocycles. The Labute approximate surface area is 96.5 Å². The number of carboxylic acids is 1. The molecule has 17 heavy (non-hydrogen) atoms. The maximum absolute atomic E-state index is 10.5. The van der Waals surface area contributed by atoms with E-state index in [1.807, 2.05) is 6.92 Å². The van der Waals surface area contributed by atoms with Crippen LogP contribution in [-0.4, -0.2) is 26.4 Å². The van der Waals surface area contributed by atoms with E-state index < -0.39 is 5.97 Å². The molecule has 0 aliphatic carbocycles. The minimum absolute atomic E-state index is 0.0916. The summed E-state index contributed by atoms with van der Waals surface area (Å²) < 4.78 is 4.99. The van der Waals surface area contributed by atoms with Crippen LogP contribution in [0.25, 0.3) is 0 Å². The molecule has 0 bridgehead atoms. The quantitative estimate of drug-likeness (QED) is 0.816. The zero-order valence-electron chi connectivity index (χ0n) is 9.04. The van der Waals surface area contributed by atoms with Gasteiger partial charge in [0.1, 0.15) is 5.82 Å². The fourth-order valence-corrected chi connectivity index (χ4v) is 1.22. The first-order valence-corrected chi connectivity index (χ1v) is 4.88. The molecule has 88 valence electrons. The molecule has 0 aliphatic rings. The topological polar surface area (TPSA) is 101 Å². The van der Waals surface area contributed by atoms with Crippen LogP contribution in [0.4, 0.5) is 5.82 Å². The van der Waals surface area contributed by atoms with Crippen molar-refractivity contribution in [3.8, 4) is 0 Å². The van der Waals surface area contributed by atoms with Gasteiger partial charge in [0.25, 0.3) is 0 Å². The highest BCUT2D eigenvalue weighted by Gasteiger charge is 2.05. The average molecular weight is 234 g/mol. The molecule has 0 unspecified atom stereocenters. The number of carboxylic acid groups (broad SMARTS) is 1. The van der Waals surface area contributed by atoms with E-state index in [2.05, 4.69) is 20.7 Å². The molecule has 0 atom stereocenters. The number of nitrogens with zero attached hydrogens (tertiary/aromatic N) is 3. The van der Waals surface area contributed by atoms with Crippen LogP contribution in [0, 0.1) is 6.92 Å². The van der Waals surface area contributed by atoms with Crippen molar-refractivity contribution in [2.24, 2.45) is 0 Å². The average Bonchev–Trinajstić information content (AvgIpc) is 2.73. The molecule has 7 heteroatoms. The number of anilines is 1. The summed E-state index contributed by atoms with van der Waals surface area (Å²) >= 11 is 0. The first kappa shape index (κ1) is 11.1. The van der Waals surface area contributed by atoms with Crippen molar-refractivity contribution < 1.29 is 14.4 Å². The third kappa shape index (κ3) is 2.77. The summed E-state index contributed by atoms with van der Waals surface area (Å²) in [5.74, 6) is 0.0468. The normalized spacial score (nSPS) is 10.2. The van der Waals surface area contributed by atoms with Crippen LogP contribution in [-0.2, 0) is 6.54 Å². The molecule has 0 radical (unpaired) electrons. The van der Waals surface area contributed by atoms with Gasteiger partial charge in [0.15, 0.2) is 11.5 Å². The summed E-state index contributed by atoms with van der Waals surface area (Å²) in [4.78, 5) is 10.5. The van der Waals surface area contributed by atoms with Gasteiger partial charge in [-0.25, -0.2) is 4.79 Å². The van der Waals surface area contributed by atoms with Gasteiger partial charge in [-0.2, -0.15) is 0 Å². The van der Waals surface area contributed by atoms with E-state index in [0.29, 0.717) is 18.1 Å². The van der Waals surface area contributed by atoms with Crippen molar-refractivity contribution >= 4 is 11.8 Å². The Morgan fingerprint density at radius 2 is 2.29 bits per heavy atom. The highest BCUT2D eigenvalue weighted by Crippen LogP contribution is 2.07. The molecule has 2 heterocycles. The maximum Gasteiger partial charge on any atom is 0.356 e. The predicted molar refractivity (Wildman–Crippen MR) is 57.6 cm³/mol. The first-order valence-electron chi connectivity index (χ1n) is 4.88. The van der Waals surface area contributed by atoms with Crippen LogP contribution in [0.5, 0.6) is 0 Å². The van der Waals surface area contributed by atoms with E-state index in [4.69, 9.17) is 9.63 Å². The standard InChI is InChI=1S/C10H10N4O3/c1-6-4-7(17-14-6)5-11-9-3-2-8(10(15)16)12-13-9/h2-4H,5H2,1H3,(H,11,13)(H,15,16). The van der Waals surface area contributed by atoms with Crippen molar-refractivity contribution in [2.75, 3.05) is 5.32 Å². The summed E-state index contributed by atoms with van der Waals surface area (Å²) in [5.41, 5.74) is 0.708. The van der Waals surface area contributed by atoms with Gasteiger partial charge in [-0.05, 0) is 19.1 Å². The molecule has 0 fully saturated rings. The van der Waals surface area contributed by atoms with Gasteiger partial charge < -0.3 is 14.9 Å². The lowest BCUT2D eigenvalue weighted by Crippen LogP contribution is -2.05. The molecule has 0 aromatic carbocycles. The van der Waals surface area contributed by atoms with Gasteiger partial charge in [0, 0.05) is 6.07 Å². The summed E-state index contributed by atoms with van der Waals surface area (Å²) in [5, 5.41) is 22.6. The molecule has 2 rings (SSSR count). The molecule has 0 saturated carbocycles. The number of rotatable bonds is 4. The van der Waals surface area contributed by atoms with E-state index in [-0.39, 0.29) is 5.69 Å². The Kier molecular flexibility index (Phi) is 2.99. The Morgan fingerprint density at radius 1 is 1.47 bits per heavy atom. The van der Waals surface area contributed by atoms with Gasteiger partial charge in [0.2, 0.25) is 0 Å². The molecular formula is C10H10N4O3. The molecule has 2 N–H and O–H groups in total. The molecule has 2 aromatic rings. The van der Waals surface area contributed by atoms with E-state index in [1.54, 1.807) is 12.1 Å². The van der Waals surface area contributed by atoms with E-state index in [1.165, 1.54) is 6.07 Å². The smallest absolute Gasteiger partial charge is 0.356 e. The number of nitrogens with one attached hydrogen (secondary N) is 1. The number of hydrogen-bond donors (Lipinski definition) is 2. The van der Waals surface area contributed by atoms with Crippen LogP contribution in [0.3, 0.4) is 0 Å². The predicted octanol–water partition coefficient (Wildman–Crippen LogP) is 1.08. The first-order chi connectivity index (χ1) is 8.15. The number of aryl methyl sites for hydroxylation is 1. The zero-order chi connectivity index (χ0) is 12.3. The van der Waals surface area contributed by atoms with Gasteiger partial charge >= 0.3 is 5.97 Å². The van der Waals surface area contributed by atoms with Gasteiger partial charge in [0.05, 0.1) is 12.2 Å². The fraction of sp³-hybridized carbons (Fsp3) is 0.200. The summed E-state index contributed by atoms with van der Waals surface area (Å²) in [6.45, 7) is 2.25. The summed E-state index contributed by atoms with van der Waals surface area (Å²) in [7, 11) is 0. The Bertz CT molecular complexity index is 521. The molecule has 7 nitrogen and oxygen atoms in total. The second-order valence-corrected chi connectivity index (χ2v) is 3.40. The SMILES string of the molecule is Cc1cc(CNc2ccc(C(=O)O)nn2)on1. The number of carbonyl (C=O) groups is 1. The van der Waals surface area contributed by atoms with Crippen molar-refractivity contribution in [1.29, 1.82) is 0 Å². The lowest BCUT2D eigenvalue weighted by molar-refractivity contribution is 0.0689. The van der Waals surface area contributed by atoms with E-state index >= 15 is 0 Å². The fourth-order valence-electron chi connectivity index (χ4n) is 1.22. The van der Waals surface area contributed by atoms with Gasteiger partial charge in [-0.15, -0.1) is 10.2 Å². The highest BCUT2D eigenvalue weighted by molar-refractivity contribution is 5.85. The lowest BCUT2D eigenvalue weighted by atomic mass is 10.3. The maximum atomic E-state index is 10.5. The van der Waals surface area contributed by atoms with Crippen LogP contribution in [0.15, 0.2) is 22.7 Å². The molecule has 0 spiro atoms. The van der Waals surface area contributed by atoms with Crippen LogP contribution < -0.4 is 5.32 Å². The molecule has 2 aromatic heterocycles. The van der Waals surface area contributed by atoms with Gasteiger partial charge in [-0.1, -0.05) is 5.16 Å². The number of hydrogen-bond acceptors (Lipinski definition) is 6. The Morgan fingerprint density at radius 3 is 2.82 bits per heavy atom. The molecular weight excluding hydrogens is 224 g/mol. The van der Waals surface area contributed by atoms with Crippen molar-refractivity contribution in [3.05, 3.63) is 35.3 Å². The minimum atomic E-state index is -1.10. The Hall–Kier alpha value is -2.44.